The molecule has 0 saturated heterocycles. The summed E-state index contributed by atoms with van der Waals surface area (Å²) in [7, 11) is 1.89. The Morgan fingerprint density at radius 2 is 2.24 bits per heavy atom. The minimum absolute atomic E-state index is 0.0892. The number of aryl methyl sites for hydroxylation is 1. The Morgan fingerprint density at radius 3 is 3.00 bits per heavy atom. The minimum Gasteiger partial charge on any atom is -0.386 e. The number of nitrogens with zero attached hydrogens (tertiary/aromatic N) is 5. The number of nitrogens with one attached hydrogen (secondary N) is 2. The number of hydrogen-bond donors (Lipinski definition) is 3. The van der Waals surface area contributed by atoms with E-state index in [0.29, 0.717) is 11.5 Å². The van der Waals surface area contributed by atoms with Crippen LogP contribution < -0.4 is 21.3 Å². The van der Waals surface area contributed by atoms with Gasteiger partial charge in [0.2, 0.25) is 5.91 Å². The molecule has 0 aliphatic carbocycles. The van der Waals surface area contributed by atoms with E-state index in [2.05, 4.69) is 20.4 Å². The zero-order valence-electron chi connectivity index (χ0n) is 20.1. The minimum atomic E-state index is -2.76. The third-order valence-electron chi connectivity index (χ3n) is 5.07. The predicted octanol–water partition coefficient (Wildman–Crippen LogP) is 1.68. The molecular weight excluding hydrogens is 392 g/mol. The monoisotopic (exact) mass is 418 g/mol. The Bertz CT molecular complexity index is 1190. The molecule has 2 aliphatic rings. The predicted molar refractivity (Wildman–Crippen MR) is 113 cm³/mol. The molecule has 0 fully saturated rings. The average Bonchev–Trinajstić information content (AvgIpc) is 3.05. The number of carbonyl (C=O) groups is 1. The van der Waals surface area contributed by atoms with Crippen LogP contribution in [-0.4, -0.2) is 46.5 Å². The van der Waals surface area contributed by atoms with Crippen LogP contribution in [0.5, 0.6) is 0 Å². The zero-order chi connectivity index (χ0) is 24.3. The standard InChI is InChI=1S/C19H23ClN8O/c1-9-18-23-10(2)26-28(18)13-7-5-6-11(16(13)27(9)4)24-12-8-14(20)25-17(21)15(12)19(29)22-3/h5-9,12,15,24H,1-4H3,(H2,21,25)(H,22,29)/t9?,12?,15-/m0/s1/i3D3,12D. The van der Waals surface area contributed by atoms with Crippen molar-refractivity contribution in [3.63, 3.8) is 0 Å². The number of hydrogen-bond acceptors (Lipinski definition) is 7. The SMILES string of the molecule is [2H]C([2H])([2H])NC(=O)[C@@H]1C(N)=NC(Cl)=CC1([2H])Nc1cccc2c1N(C)C(C)c1nc(C)nn1-2. The first-order valence-corrected chi connectivity index (χ1v) is 9.31. The lowest BCUT2D eigenvalue weighted by molar-refractivity contribution is -0.122. The van der Waals surface area contributed by atoms with Crippen LogP contribution in [0, 0.1) is 12.8 Å². The number of amidine groups is 1. The Balaban J connectivity index is 1.80. The molecule has 1 aromatic carbocycles. The van der Waals surface area contributed by atoms with Crippen LogP contribution in [0.2, 0.25) is 0 Å². The number of fused-ring (bicyclic) bond motifs is 3. The number of benzene rings is 1. The third-order valence-corrected chi connectivity index (χ3v) is 5.26. The van der Waals surface area contributed by atoms with Crippen molar-refractivity contribution in [3.8, 4) is 5.69 Å². The number of aliphatic imine (C=N–C) groups is 1. The lowest BCUT2D eigenvalue weighted by atomic mass is 9.94. The van der Waals surface area contributed by atoms with Crippen molar-refractivity contribution in [2.24, 2.45) is 16.6 Å². The molecule has 3 heterocycles. The maximum absolute atomic E-state index is 12.8. The van der Waals surface area contributed by atoms with Gasteiger partial charge >= 0.3 is 0 Å². The third kappa shape index (κ3) is 3.11. The number of para-hydroxylation sites is 1. The summed E-state index contributed by atoms with van der Waals surface area (Å²) < 4.78 is 32.9. The number of nitrogens with two attached hydrogens (primary N) is 1. The van der Waals surface area contributed by atoms with Crippen LogP contribution in [0.1, 0.15) is 30.1 Å². The molecule has 4 N–H and O–H groups in total. The summed E-state index contributed by atoms with van der Waals surface area (Å²) in [5.41, 5.74) is 7.91. The molecule has 0 spiro atoms. The Morgan fingerprint density at radius 1 is 1.45 bits per heavy atom. The van der Waals surface area contributed by atoms with Crippen LogP contribution in [-0.2, 0) is 4.79 Å². The van der Waals surface area contributed by atoms with E-state index in [9.17, 15) is 4.79 Å². The summed E-state index contributed by atoms with van der Waals surface area (Å²) in [5.74, 6) is -1.30. The zero-order valence-corrected chi connectivity index (χ0v) is 16.8. The van der Waals surface area contributed by atoms with Crippen LogP contribution in [0.3, 0.4) is 0 Å². The van der Waals surface area contributed by atoms with E-state index in [0.717, 1.165) is 17.2 Å². The number of rotatable bonds is 3. The van der Waals surface area contributed by atoms with Gasteiger partial charge in [-0.1, -0.05) is 17.7 Å². The van der Waals surface area contributed by atoms with E-state index < -0.39 is 24.8 Å². The molecule has 1 amide bonds. The highest BCUT2D eigenvalue weighted by Gasteiger charge is 2.35. The highest BCUT2D eigenvalue weighted by Crippen LogP contribution is 2.42. The first kappa shape index (κ1) is 14.9. The van der Waals surface area contributed by atoms with E-state index in [1.54, 1.807) is 16.8 Å². The summed E-state index contributed by atoms with van der Waals surface area (Å²) in [6, 6.07) is 3.34. The van der Waals surface area contributed by atoms with Crippen LogP contribution in [0.15, 0.2) is 34.4 Å². The highest BCUT2D eigenvalue weighted by molar-refractivity contribution is 6.30. The van der Waals surface area contributed by atoms with Crippen molar-refractivity contribution in [1.82, 2.24) is 20.1 Å². The summed E-state index contributed by atoms with van der Waals surface area (Å²) in [6.45, 7) is 1.03. The Hall–Kier alpha value is -3.07. The molecule has 29 heavy (non-hydrogen) atoms. The highest BCUT2D eigenvalue weighted by atomic mass is 35.5. The molecule has 9 nitrogen and oxygen atoms in total. The largest absolute Gasteiger partial charge is 0.386 e. The van der Waals surface area contributed by atoms with E-state index in [1.165, 1.54) is 6.08 Å². The molecule has 2 unspecified atom stereocenters. The molecule has 1 aromatic heterocycles. The molecule has 0 saturated carbocycles. The number of amides is 1. The van der Waals surface area contributed by atoms with Crippen molar-refractivity contribution >= 4 is 34.7 Å². The van der Waals surface area contributed by atoms with Gasteiger partial charge in [0.05, 0.1) is 30.5 Å². The second kappa shape index (κ2) is 7.07. The van der Waals surface area contributed by atoms with Crippen molar-refractivity contribution < 1.29 is 10.3 Å². The number of aromatic nitrogens is 3. The van der Waals surface area contributed by atoms with Gasteiger partial charge in [-0.25, -0.2) is 14.7 Å². The molecule has 0 bridgehead atoms. The van der Waals surface area contributed by atoms with Gasteiger partial charge in [0.25, 0.3) is 0 Å². The molecule has 2 aliphatic heterocycles. The lowest BCUT2D eigenvalue weighted by Crippen LogP contribution is -2.48. The summed E-state index contributed by atoms with van der Waals surface area (Å²) in [4.78, 5) is 23.2. The van der Waals surface area contributed by atoms with Gasteiger partial charge in [-0.3, -0.25) is 4.79 Å². The van der Waals surface area contributed by atoms with Gasteiger partial charge in [0, 0.05) is 18.1 Å². The Kier molecular flexibility index (Phi) is 3.62. The van der Waals surface area contributed by atoms with Crippen LogP contribution in [0.25, 0.3) is 5.69 Å². The second-order valence-corrected chi connectivity index (χ2v) is 7.28. The fraction of sp³-hybridized carbons (Fsp3) is 0.368. The fourth-order valence-corrected chi connectivity index (χ4v) is 3.84. The lowest BCUT2D eigenvalue weighted by Gasteiger charge is -2.36. The molecule has 4 rings (SSSR count). The van der Waals surface area contributed by atoms with Crippen molar-refractivity contribution in [2.45, 2.75) is 25.9 Å². The summed E-state index contributed by atoms with van der Waals surface area (Å²) in [6.07, 6.45) is 1.23. The molecule has 3 atom stereocenters. The molecule has 10 heteroatoms. The topological polar surface area (TPSA) is 113 Å². The van der Waals surface area contributed by atoms with E-state index in [4.69, 9.17) is 22.8 Å². The van der Waals surface area contributed by atoms with Gasteiger partial charge < -0.3 is 21.3 Å². The summed E-state index contributed by atoms with van der Waals surface area (Å²) >= 11 is 6.09. The molecular formula is C19H23ClN8O. The van der Waals surface area contributed by atoms with E-state index in [1.807, 2.05) is 37.2 Å². The van der Waals surface area contributed by atoms with E-state index in [-0.39, 0.29) is 17.0 Å². The van der Waals surface area contributed by atoms with Crippen molar-refractivity contribution in [1.29, 1.82) is 0 Å². The number of anilines is 2. The van der Waals surface area contributed by atoms with Crippen LogP contribution in [0.4, 0.5) is 11.4 Å². The molecule has 2 aromatic rings. The fourth-order valence-electron chi connectivity index (χ4n) is 3.62. The number of halogens is 1. The molecule has 152 valence electrons. The first-order valence-electron chi connectivity index (χ1n) is 10.9. The maximum atomic E-state index is 12.8. The van der Waals surface area contributed by atoms with Crippen molar-refractivity contribution in [3.05, 3.63) is 41.1 Å². The van der Waals surface area contributed by atoms with E-state index >= 15 is 0 Å². The number of carbonyl (C=O) groups excluding carboxylic acids is 1. The first-order chi connectivity index (χ1) is 15.3. The van der Waals surface area contributed by atoms with Crippen molar-refractivity contribution in [2.75, 3.05) is 24.2 Å². The smallest absolute Gasteiger partial charge is 0.232 e. The normalized spacial score (nSPS) is 27.9. The Labute approximate surface area is 179 Å². The second-order valence-electron chi connectivity index (χ2n) is 6.90. The molecule has 0 radical (unpaired) electrons. The quantitative estimate of drug-likeness (QED) is 0.653. The van der Waals surface area contributed by atoms with Gasteiger partial charge in [-0.05, 0) is 32.1 Å². The average molecular weight is 419 g/mol. The van der Waals surface area contributed by atoms with Gasteiger partial charge in [-0.2, -0.15) is 5.10 Å². The maximum Gasteiger partial charge on any atom is 0.232 e. The van der Waals surface area contributed by atoms with Gasteiger partial charge in [0.1, 0.15) is 22.7 Å². The summed E-state index contributed by atoms with van der Waals surface area (Å²) in [5, 5.41) is 9.36. The van der Waals surface area contributed by atoms with Gasteiger partial charge in [-0.15, -0.1) is 0 Å². The van der Waals surface area contributed by atoms with Crippen LogP contribution >= 0.6 is 11.6 Å². The van der Waals surface area contributed by atoms with Gasteiger partial charge in [0.15, 0.2) is 5.82 Å².